The number of hydrogen-bond donors (Lipinski definition) is 0. The normalized spacial score (nSPS) is 12.4. The van der Waals surface area contributed by atoms with Crippen molar-refractivity contribution in [1.29, 1.82) is 0 Å². The summed E-state index contributed by atoms with van der Waals surface area (Å²) in [5.41, 5.74) is 0. The van der Waals surface area contributed by atoms with Gasteiger partial charge in [0.05, 0.1) is 0 Å². The van der Waals surface area contributed by atoms with Crippen molar-refractivity contribution < 1.29 is 28.6 Å². The molecule has 0 spiro atoms. The lowest BCUT2D eigenvalue weighted by molar-refractivity contribution is -0.167. The molecule has 0 saturated heterocycles. The zero-order valence-corrected chi connectivity index (χ0v) is 39.0. The first-order chi connectivity index (χ1) is 29.0. The molecule has 0 N–H and O–H groups in total. The van der Waals surface area contributed by atoms with Crippen molar-refractivity contribution in [3.05, 3.63) is 48.6 Å². The van der Waals surface area contributed by atoms with Crippen LogP contribution >= 0.6 is 0 Å². The van der Waals surface area contributed by atoms with Crippen LogP contribution in [-0.4, -0.2) is 37.2 Å². The van der Waals surface area contributed by atoms with Crippen LogP contribution in [0.3, 0.4) is 0 Å². The minimum atomic E-state index is -0.783. The predicted octanol–water partition coefficient (Wildman–Crippen LogP) is 16.3. The van der Waals surface area contributed by atoms with Gasteiger partial charge in [-0.3, -0.25) is 14.4 Å². The van der Waals surface area contributed by atoms with Crippen molar-refractivity contribution in [3.63, 3.8) is 0 Å². The highest BCUT2D eigenvalue weighted by Crippen LogP contribution is 2.14. The van der Waals surface area contributed by atoms with Gasteiger partial charge in [-0.25, -0.2) is 0 Å². The van der Waals surface area contributed by atoms with E-state index in [1.807, 2.05) is 0 Å². The number of ether oxygens (including phenoxy) is 3. The monoisotopic (exact) mass is 827 g/mol. The Morgan fingerprint density at radius 2 is 0.661 bits per heavy atom. The fourth-order valence-corrected chi connectivity index (χ4v) is 6.93. The van der Waals surface area contributed by atoms with Crippen molar-refractivity contribution in [2.45, 2.75) is 258 Å². The van der Waals surface area contributed by atoms with Crippen molar-refractivity contribution >= 4 is 17.9 Å². The molecule has 0 aliphatic carbocycles. The highest BCUT2D eigenvalue weighted by Gasteiger charge is 2.19. The predicted molar refractivity (Wildman–Crippen MR) is 252 cm³/mol. The van der Waals surface area contributed by atoms with Gasteiger partial charge in [-0.05, 0) is 89.9 Å². The van der Waals surface area contributed by atoms with E-state index in [1.54, 1.807) is 0 Å². The number of carbonyl (C=O) groups excluding carboxylic acids is 3. The second-order valence-electron chi connectivity index (χ2n) is 16.7. The summed E-state index contributed by atoms with van der Waals surface area (Å²) in [4.78, 5) is 37.9. The van der Waals surface area contributed by atoms with Crippen molar-refractivity contribution in [2.24, 2.45) is 0 Å². The van der Waals surface area contributed by atoms with Crippen LogP contribution in [0.4, 0.5) is 0 Å². The first-order valence-electron chi connectivity index (χ1n) is 25.1. The maximum atomic E-state index is 12.7. The van der Waals surface area contributed by atoms with Crippen molar-refractivity contribution in [3.8, 4) is 0 Å². The number of esters is 3. The molecule has 342 valence electrons. The lowest BCUT2D eigenvalue weighted by atomic mass is 10.1. The smallest absolute Gasteiger partial charge is 0.306 e. The quantitative estimate of drug-likeness (QED) is 0.0263. The molecule has 0 aliphatic rings. The molecule has 0 radical (unpaired) electrons. The van der Waals surface area contributed by atoms with Crippen LogP contribution in [0.15, 0.2) is 48.6 Å². The molecule has 0 aromatic rings. The van der Waals surface area contributed by atoms with Gasteiger partial charge in [-0.2, -0.15) is 0 Å². The van der Waals surface area contributed by atoms with Gasteiger partial charge in [-0.1, -0.05) is 191 Å². The van der Waals surface area contributed by atoms with Gasteiger partial charge in [0.15, 0.2) is 6.10 Å². The molecule has 59 heavy (non-hydrogen) atoms. The Morgan fingerprint density at radius 3 is 1.07 bits per heavy atom. The molecule has 0 aromatic heterocycles. The summed E-state index contributed by atoms with van der Waals surface area (Å²) < 4.78 is 16.7. The van der Waals surface area contributed by atoms with E-state index in [9.17, 15) is 14.4 Å². The summed E-state index contributed by atoms with van der Waals surface area (Å²) in [7, 11) is 0. The van der Waals surface area contributed by atoms with Gasteiger partial charge in [0, 0.05) is 19.3 Å². The second kappa shape index (κ2) is 48.0. The molecule has 6 nitrogen and oxygen atoms in total. The largest absolute Gasteiger partial charge is 0.462 e. The van der Waals surface area contributed by atoms with Crippen LogP contribution in [0.1, 0.15) is 252 Å². The van der Waals surface area contributed by atoms with E-state index in [0.717, 1.165) is 96.3 Å². The van der Waals surface area contributed by atoms with Gasteiger partial charge in [0.1, 0.15) is 13.2 Å². The van der Waals surface area contributed by atoms with E-state index in [1.165, 1.54) is 116 Å². The van der Waals surface area contributed by atoms with Gasteiger partial charge in [-0.15, -0.1) is 0 Å². The summed E-state index contributed by atoms with van der Waals surface area (Å²) in [5.74, 6) is -0.908. The Hall–Kier alpha value is -2.63. The third-order valence-corrected chi connectivity index (χ3v) is 10.8. The molecule has 0 fully saturated rings. The molecule has 1 atom stereocenters. The van der Waals surface area contributed by atoms with E-state index in [2.05, 4.69) is 69.4 Å². The topological polar surface area (TPSA) is 78.9 Å². The van der Waals surface area contributed by atoms with E-state index in [-0.39, 0.29) is 31.1 Å². The molecule has 0 rings (SSSR count). The number of rotatable bonds is 45. The number of hydrogen-bond acceptors (Lipinski definition) is 6. The lowest BCUT2D eigenvalue weighted by Crippen LogP contribution is -2.30. The fourth-order valence-electron chi connectivity index (χ4n) is 6.93. The minimum absolute atomic E-state index is 0.0833. The molecule has 0 saturated carbocycles. The van der Waals surface area contributed by atoms with Crippen LogP contribution in [-0.2, 0) is 28.6 Å². The zero-order chi connectivity index (χ0) is 43.0. The number of unbranched alkanes of at least 4 members (excludes halogenated alkanes) is 26. The summed E-state index contributed by atoms with van der Waals surface area (Å²) >= 11 is 0. The Morgan fingerprint density at radius 1 is 0.339 bits per heavy atom. The van der Waals surface area contributed by atoms with Gasteiger partial charge < -0.3 is 14.2 Å². The molecule has 0 aliphatic heterocycles. The maximum Gasteiger partial charge on any atom is 0.306 e. The first kappa shape index (κ1) is 56.4. The van der Waals surface area contributed by atoms with E-state index < -0.39 is 6.10 Å². The minimum Gasteiger partial charge on any atom is -0.462 e. The third kappa shape index (κ3) is 46.3. The third-order valence-electron chi connectivity index (χ3n) is 10.8. The van der Waals surface area contributed by atoms with Crippen molar-refractivity contribution in [1.82, 2.24) is 0 Å². The SMILES string of the molecule is CCC/C=C\C/C=C\CCCCCCCC(=O)OC(COC(=O)CCCCCCC/C=C\CCCC)COC(=O)CCCCCCCCC/C=C\CCCCCCCC. The average molecular weight is 827 g/mol. The first-order valence-corrected chi connectivity index (χ1v) is 25.1. The van der Waals surface area contributed by atoms with Crippen LogP contribution in [0.5, 0.6) is 0 Å². The Bertz CT molecular complexity index is 1040. The fraction of sp³-hybridized carbons (Fsp3) is 0.792. The van der Waals surface area contributed by atoms with Gasteiger partial charge >= 0.3 is 17.9 Å². The molecule has 0 heterocycles. The molecular formula is C53H94O6. The molecular weight excluding hydrogens is 733 g/mol. The zero-order valence-electron chi connectivity index (χ0n) is 39.0. The molecule has 0 aromatic carbocycles. The van der Waals surface area contributed by atoms with Crippen molar-refractivity contribution in [2.75, 3.05) is 13.2 Å². The maximum absolute atomic E-state index is 12.7. The van der Waals surface area contributed by atoms with E-state index in [4.69, 9.17) is 14.2 Å². The second-order valence-corrected chi connectivity index (χ2v) is 16.7. The average Bonchev–Trinajstić information content (AvgIpc) is 3.23. The number of carbonyl (C=O) groups is 3. The van der Waals surface area contributed by atoms with Crippen LogP contribution in [0, 0.1) is 0 Å². The Balaban J connectivity index is 4.37. The summed E-state index contributed by atoms with van der Waals surface area (Å²) in [6, 6.07) is 0. The van der Waals surface area contributed by atoms with Crippen LogP contribution < -0.4 is 0 Å². The van der Waals surface area contributed by atoms with Crippen LogP contribution in [0.2, 0.25) is 0 Å². The molecule has 0 bridgehead atoms. The molecule has 6 heteroatoms. The Labute approximate surface area is 365 Å². The lowest BCUT2D eigenvalue weighted by Gasteiger charge is -2.18. The molecule has 0 amide bonds. The van der Waals surface area contributed by atoms with Crippen LogP contribution in [0.25, 0.3) is 0 Å². The molecule has 1 unspecified atom stereocenters. The van der Waals surface area contributed by atoms with Gasteiger partial charge in [0.2, 0.25) is 0 Å². The van der Waals surface area contributed by atoms with E-state index >= 15 is 0 Å². The summed E-state index contributed by atoms with van der Waals surface area (Å²) in [6.45, 7) is 6.51. The Kier molecular flexibility index (Phi) is 45.9. The standard InChI is InChI=1S/C53H94O6/c1-4-7-10-13-16-19-22-24-25-26-27-29-31-34-37-40-43-46-52(55)58-49-50(48-57-51(54)45-42-39-36-33-30-21-18-15-12-9-6-3)59-53(56)47-44-41-38-35-32-28-23-20-17-14-11-8-5-2/h11,14-15,18,20,23-25,50H,4-10,12-13,16-17,19,21-22,26-49H2,1-3H3/b14-11-,18-15-,23-20-,25-24-. The highest BCUT2D eigenvalue weighted by atomic mass is 16.6. The summed E-state index contributed by atoms with van der Waals surface area (Å²) in [6.07, 6.45) is 56.6. The summed E-state index contributed by atoms with van der Waals surface area (Å²) in [5, 5.41) is 0. The highest BCUT2D eigenvalue weighted by molar-refractivity contribution is 5.71. The van der Waals surface area contributed by atoms with E-state index in [0.29, 0.717) is 19.3 Å². The van der Waals surface area contributed by atoms with Gasteiger partial charge in [0.25, 0.3) is 0 Å². The number of allylic oxidation sites excluding steroid dienone is 8.